The number of fused-ring (bicyclic) bond motifs is 1. The molecule has 0 bridgehead atoms. The van der Waals surface area contributed by atoms with E-state index in [1.165, 1.54) is 25.5 Å². The molecule has 0 aliphatic carbocycles. The van der Waals surface area contributed by atoms with E-state index in [1.807, 2.05) is 69.3 Å². The van der Waals surface area contributed by atoms with Crippen molar-refractivity contribution in [2.75, 3.05) is 32.5 Å². The molecule has 0 N–H and O–H groups in total. The maximum atomic E-state index is 12.5. The molecule has 1 aliphatic rings. The van der Waals surface area contributed by atoms with Crippen molar-refractivity contribution in [3.63, 3.8) is 0 Å². The second-order valence-electron chi connectivity index (χ2n) is 12.1. The molecule has 1 fully saturated rings. The van der Waals surface area contributed by atoms with Crippen LogP contribution in [0.15, 0.2) is 83.8 Å². The van der Waals surface area contributed by atoms with Crippen molar-refractivity contribution >= 4 is 39.0 Å². The van der Waals surface area contributed by atoms with Gasteiger partial charge in [0.2, 0.25) is 0 Å². The molecule has 4 aromatic carbocycles. The van der Waals surface area contributed by atoms with Crippen LogP contribution in [0.2, 0.25) is 0 Å². The predicted molar refractivity (Wildman–Crippen MR) is 177 cm³/mol. The average Bonchev–Trinajstić information content (AvgIpc) is 2.98. The molecule has 0 amide bonds. The van der Waals surface area contributed by atoms with Crippen LogP contribution < -0.4 is 14.2 Å². The lowest BCUT2D eigenvalue weighted by Crippen LogP contribution is -2.33. The predicted octanol–water partition coefficient (Wildman–Crippen LogP) is 7.94. The van der Waals surface area contributed by atoms with Gasteiger partial charge in [-0.3, -0.25) is 9.69 Å². The summed E-state index contributed by atoms with van der Waals surface area (Å²) in [6.45, 7) is 9.28. The van der Waals surface area contributed by atoms with E-state index >= 15 is 0 Å². The van der Waals surface area contributed by atoms with Crippen molar-refractivity contribution in [2.24, 2.45) is 5.41 Å². The van der Waals surface area contributed by atoms with Crippen molar-refractivity contribution in [3.8, 4) is 34.1 Å². The van der Waals surface area contributed by atoms with Crippen LogP contribution in [0.1, 0.15) is 40.0 Å². The summed E-state index contributed by atoms with van der Waals surface area (Å²) in [6.07, 6.45) is 5.02. The van der Waals surface area contributed by atoms with Crippen molar-refractivity contribution in [2.45, 2.75) is 44.9 Å². The van der Waals surface area contributed by atoms with Crippen LogP contribution in [0.25, 0.3) is 21.9 Å². The highest BCUT2D eigenvalue weighted by atomic mass is 35.5. The van der Waals surface area contributed by atoms with Crippen LogP contribution >= 0.6 is 12.4 Å². The number of benzene rings is 4. The number of sulfone groups is 1. The monoisotopic (exact) mass is 637 g/mol. The summed E-state index contributed by atoms with van der Waals surface area (Å²) >= 11 is 0. The van der Waals surface area contributed by atoms with Gasteiger partial charge in [-0.05, 0) is 118 Å². The smallest absolute Gasteiger partial charge is 0.316 e. The van der Waals surface area contributed by atoms with E-state index in [2.05, 4.69) is 4.90 Å². The van der Waals surface area contributed by atoms with E-state index in [0.29, 0.717) is 23.9 Å². The molecule has 5 rings (SSSR count). The number of ether oxygens (including phenoxy) is 3. The number of esters is 1. The first kappa shape index (κ1) is 33.3. The molecule has 44 heavy (non-hydrogen) atoms. The molecule has 7 nitrogen and oxygen atoms in total. The molecule has 0 saturated carbocycles. The minimum atomic E-state index is -3.33. The maximum absolute atomic E-state index is 12.5. The fourth-order valence-electron chi connectivity index (χ4n) is 5.02. The summed E-state index contributed by atoms with van der Waals surface area (Å²) in [6, 6.07) is 23.7. The Balaban J connectivity index is 0.00000442. The van der Waals surface area contributed by atoms with Gasteiger partial charge in [-0.25, -0.2) is 8.42 Å². The number of rotatable bonds is 9. The van der Waals surface area contributed by atoms with Gasteiger partial charge < -0.3 is 14.2 Å². The summed E-state index contributed by atoms with van der Waals surface area (Å²) in [7, 11) is -3.33. The highest BCUT2D eigenvalue weighted by molar-refractivity contribution is 7.90. The molecule has 0 atom stereocenters. The summed E-state index contributed by atoms with van der Waals surface area (Å²) < 4.78 is 42.2. The van der Waals surface area contributed by atoms with Gasteiger partial charge in [0.05, 0.1) is 10.3 Å². The molecule has 234 valence electrons. The normalized spacial score (nSPS) is 14.1. The van der Waals surface area contributed by atoms with Gasteiger partial charge in [0.1, 0.15) is 29.6 Å². The Hall–Kier alpha value is -3.59. The third-order valence-corrected chi connectivity index (χ3v) is 8.66. The van der Waals surface area contributed by atoms with Crippen LogP contribution in [-0.2, 0) is 14.6 Å². The van der Waals surface area contributed by atoms with Crippen LogP contribution in [0.4, 0.5) is 0 Å². The molecule has 0 spiro atoms. The topological polar surface area (TPSA) is 82.1 Å². The molecule has 0 unspecified atom stereocenters. The number of nitrogens with zero attached hydrogens (tertiary/aromatic N) is 1. The first-order chi connectivity index (χ1) is 20.5. The SMILES string of the molecule is CC(C)(C)C(=O)Oc1ccc2c(Oc3ccc(OCCN4CCCCC4)cc3)c(-c3ccc(S(C)(=O)=O)cc3)ccc2c1.Cl. The van der Waals surface area contributed by atoms with E-state index in [-0.39, 0.29) is 23.3 Å². The maximum Gasteiger partial charge on any atom is 0.316 e. The summed E-state index contributed by atoms with van der Waals surface area (Å²) in [5.74, 6) is 2.16. The Morgan fingerprint density at radius 1 is 0.818 bits per heavy atom. The number of carbonyl (C=O) groups excluding carboxylic acids is 1. The highest BCUT2D eigenvalue weighted by Gasteiger charge is 2.24. The first-order valence-corrected chi connectivity index (χ1v) is 16.6. The lowest BCUT2D eigenvalue weighted by Gasteiger charge is -2.26. The number of piperidine rings is 1. The Kier molecular flexibility index (Phi) is 10.6. The van der Waals surface area contributed by atoms with Crippen molar-refractivity contribution in [1.82, 2.24) is 4.90 Å². The van der Waals surface area contributed by atoms with Crippen LogP contribution in [-0.4, -0.2) is 51.8 Å². The Morgan fingerprint density at radius 3 is 2.09 bits per heavy atom. The Morgan fingerprint density at radius 2 is 1.45 bits per heavy atom. The van der Waals surface area contributed by atoms with E-state index in [0.717, 1.165) is 47.3 Å². The standard InChI is InChI=1S/C35H39NO6S.ClH/c1-35(2,3)34(37)42-29-15-19-32-26(24-29)10-18-31(25-8-16-30(17-9-25)43(4,38)39)33(32)41-28-13-11-27(12-14-28)40-23-22-36-20-6-5-7-21-36;/h8-19,24H,5-7,20-23H2,1-4H3;1H. The molecule has 0 aromatic heterocycles. The number of hydrogen-bond acceptors (Lipinski definition) is 7. The van der Waals surface area contributed by atoms with Gasteiger partial charge in [0.15, 0.2) is 9.84 Å². The lowest BCUT2D eigenvalue weighted by atomic mass is 9.97. The van der Waals surface area contributed by atoms with E-state index in [1.54, 1.807) is 30.3 Å². The number of carbonyl (C=O) groups is 1. The van der Waals surface area contributed by atoms with Gasteiger partial charge in [-0.2, -0.15) is 0 Å². The minimum absolute atomic E-state index is 0. The first-order valence-electron chi connectivity index (χ1n) is 14.7. The van der Waals surface area contributed by atoms with Gasteiger partial charge in [0, 0.05) is 23.8 Å². The van der Waals surface area contributed by atoms with Crippen LogP contribution in [0.3, 0.4) is 0 Å². The number of hydrogen-bond donors (Lipinski definition) is 0. The van der Waals surface area contributed by atoms with Crippen molar-refractivity contribution < 1.29 is 27.4 Å². The third-order valence-electron chi connectivity index (χ3n) is 7.53. The molecule has 1 aliphatic heterocycles. The lowest BCUT2D eigenvalue weighted by molar-refractivity contribution is -0.142. The van der Waals surface area contributed by atoms with Gasteiger partial charge in [-0.1, -0.05) is 24.6 Å². The Labute approximate surface area is 266 Å². The average molecular weight is 638 g/mol. The largest absolute Gasteiger partial charge is 0.492 e. The van der Waals surface area contributed by atoms with Gasteiger partial charge in [0.25, 0.3) is 0 Å². The summed E-state index contributed by atoms with van der Waals surface area (Å²) in [5.41, 5.74) is 0.980. The molecule has 1 heterocycles. The summed E-state index contributed by atoms with van der Waals surface area (Å²) in [5, 5.41) is 1.66. The zero-order valence-electron chi connectivity index (χ0n) is 25.7. The highest BCUT2D eigenvalue weighted by Crippen LogP contribution is 2.41. The van der Waals surface area contributed by atoms with Crippen LogP contribution in [0, 0.1) is 5.41 Å². The zero-order chi connectivity index (χ0) is 30.6. The third kappa shape index (κ3) is 8.31. The van der Waals surface area contributed by atoms with Crippen molar-refractivity contribution in [1.29, 1.82) is 0 Å². The van der Waals surface area contributed by atoms with Gasteiger partial charge in [-0.15, -0.1) is 12.4 Å². The molecular weight excluding hydrogens is 598 g/mol. The second kappa shape index (κ2) is 14.0. The minimum Gasteiger partial charge on any atom is -0.492 e. The van der Waals surface area contributed by atoms with Crippen molar-refractivity contribution in [3.05, 3.63) is 78.9 Å². The van der Waals surface area contributed by atoms with E-state index in [4.69, 9.17) is 14.2 Å². The zero-order valence-corrected chi connectivity index (χ0v) is 27.3. The number of likely N-dealkylation sites (tertiary alicyclic amines) is 1. The molecule has 1 saturated heterocycles. The molecule has 9 heteroatoms. The van der Waals surface area contributed by atoms with E-state index in [9.17, 15) is 13.2 Å². The van der Waals surface area contributed by atoms with Crippen LogP contribution in [0.5, 0.6) is 23.0 Å². The summed E-state index contributed by atoms with van der Waals surface area (Å²) in [4.78, 5) is 15.2. The van der Waals surface area contributed by atoms with E-state index < -0.39 is 15.3 Å². The second-order valence-corrected chi connectivity index (χ2v) is 14.1. The molecule has 4 aromatic rings. The number of halogens is 1. The molecule has 0 radical (unpaired) electrons. The fraction of sp³-hybridized carbons (Fsp3) is 0.343. The molecular formula is C35H40ClNO6S. The quantitative estimate of drug-likeness (QED) is 0.136. The fourth-order valence-corrected chi connectivity index (χ4v) is 5.65. The van der Waals surface area contributed by atoms with Gasteiger partial charge >= 0.3 is 5.97 Å². The Bertz CT molecular complexity index is 1690.